The lowest BCUT2D eigenvalue weighted by Crippen LogP contribution is -2.29. The first kappa shape index (κ1) is 14.3. The van der Waals surface area contributed by atoms with Gasteiger partial charge in [0.15, 0.2) is 0 Å². The van der Waals surface area contributed by atoms with Crippen LogP contribution < -0.4 is 16.3 Å². The zero-order valence-corrected chi connectivity index (χ0v) is 13.5. The molecule has 0 amide bonds. The predicted octanol–water partition coefficient (Wildman–Crippen LogP) is 2.33. The first-order chi connectivity index (χ1) is 11.2. The van der Waals surface area contributed by atoms with Crippen LogP contribution in [0.5, 0.6) is 0 Å². The number of hydrogen-bond donors (Lipinski definition) is 3. The van der Waals surface area contributed by atoms with E-state index in [9.17, 15) is 0 Å². The van der Waals surface area contributed by atoms with Crippen molar-refractivity contribution in [1.82, 2.24) is 9.97 Å². The van der Waals surface area contributed by atoms with Gasteiger partial charge >= 0.3 is 0 Å². The molecule has 2 aromatic heterocycles. The Morgan fingerprint density at radius 3 is 2.87 bits per heavy atom. The molecule has 1 atom stereocenters. The number of nitrogens with one attached hydrogen (secondary N) is 2. The number of benzene rings is 1. The third-order valence-corrected chi connectivity index (χ3v) is 4.70. The average molecular weight is 305 g/mol. The van der Waals surface area contributed by atoms with Crippen LogP contribution in [-0.4, -0.2) is 16.0 Å². The number of fused-ring (bicyclic) bond motifs is 2. The van der Waals surface area contributed by atoms with Crippen LogP contribution in [0.3, 0.4) is 0 Å². The summed E-state index contributed by atoms with van der Waals surface area (Å²) in [5.41, 5.74) is 11.4. The Labute approximate surface area is 135 Å². The average Bonchev–Trinajstić information content (AvgIpc) is 3.10. The van der Waals surface area contributed by atoms with Crippen molar-refractivity contribution in [1.29, 1.82) is 0 Å². The minimum Gasteiger partial charge on any atom is -0.361 e. The summed E-state index contributed by atoms with van der Waals surface area (Å²) in [5, 5.41) is 3.96. The SMILES string of the molecule is CC(N)Cc1c(Cc2c[nH]c3ccccc23)[nH]c2c1=CCCC=2. The van der Waals surface area contributed by atoms with Crippen LogP contribution in [0.25, 0.3) is 23.1 Å². The summed E-state index contributed by atoms with van der Waals surface area (Å²) in [4.78, 5) is 7.03. The second kappa shape index (κ2) is 5.74. The second-order valence-corrected chi connectivity index (χ2v) is 6.61. The molecule has 0 bridgehead atoms. The summed E-state index contributed by atoms with van der Waals surface area (Å²) in [5.74, 6) is 0. The molecule has 0 radical (unpaired) electrons. The third-order valence-electron chi connectivity index (χ3n) is 4.70. The number of hydrogen-bond acceptors (Lipinski definition) is 1. The Morgan fingerprint density at radius 1 is 1.17 bits per heavy atom. The molecule has 0 fully saturated rings. The van der Waals surface area contributed by atoms with Crippen LogP contribution in [0.2, 0.25) is 0 Å². The van der Waals surface area contributed by atoms with E-state index in [0.29, 0.717) is 0 Å². The highest BCUT2D eigenvalue weighted by atomic mass is 14.7. The highest BCUT2D eigenvalue weighted by Gasteiger charge is 2.14. The largest absolute Gasteiger partial charge is 0.361 e. The van der Waals surface area contributed by atoms with Crippen molar-refractivity contribution in [3.63, 3.8) is 0 Å². The van der Waals surface area contributed by atoms with E-state index in [1.54, 1.807) is 0 Å². The van der Waals surface area contributed by atoms with Crippen LogP contribution in [0, 0.1) is 0 Å². The van der Waals surface area contributed by atoms with Gasteiger partial charge in [-0.05, 0) is 48.6 Å². The number of H-pyrrole nitrogens is 2. The lowest BCUT2D eigenvalue weighted by atomic mass is 9.99. The molecule has 1 aliphatic rings. The molecule has 2 heterocycles. The van der Waals surface area contributed by atoms with E-state index in [4.69, 9.17) is 5.73 Å². The Bertz CT molecular complexity index is 957. The first-order valence-electron chi connectivity index (χ1n) is 8.43. The molecule has 3 aromatic rings. The molecule has 1 aromatic carbocycles. The molecule has 0 saturated carbocycles. The van der Waals surface area contributed by atoms with Gasteiger partial charge in [0.25, 0.3) is 0 Å². The maximum Gasteiger partial charge on any atom is 0.0456 e. The van der Waals surface area contributed by atoms with Gasteiger partial charge in [-0.2, -0.15) is 0 Å². The second-order valence-electron chi connectivity index (χ2n) is 6.61. The van der Waals surface area contributed by atoms with E-state index in [1.165, 1.54) is 38.3 Å². The van der Waals surface area contributed by atoms with E-state index < -0.39 is 0 Å². The quantitative estimate of drug-likeness (QED) is 0.681. The lowest BCUT2D eigenvalue weighted by molar-refractivity contribution is 0.730. The highest BCUT2D eigenvalue weighted by Crippen LogP contribution is 2.21. The molecule has 118 valence electrons. The zero-order chi connectivity index (χ0) is 15.8. The number of rotatable bonds is 4. The Kier molecular flexibility index (Phi) is 3.58. The summed E-state index contributed by atoms with van der Waals surface area (Å²) >= 11 is 0. The van der Waals surface area contributed by atoms with Gasteiger partial charge in [-0.1, -0.05) is 30.4 Å². The molecule has 4 rings (SSSR count). The lowest BCUT2D eigenvalue weighted by Gasteiger charge is -2.08. The van der Waals surface area contributed by atoms with Crippen molar-refractivity contribution in [2.75, 3.05) is 0 Å². The molecule has 0 spiro atoms. The van der Waals surface area contributed by atoms with Crippen molar-refractivity contribution in [3.05, 3.63) is 57.9 Å². The molecule has 3 nitrogen and oxygen atoms in total. The first-order valence-corrected chi connectivity index (χ1v) is 8.43. The Morgan fingerprint density at radius 2 is 2.00 bits per heavy atom. The van der Waals surface area contributed by atoms with Crippen molar-refractivity contribution in [2.24, 2.45) is 5.73 Å². The number of para-hydroxylation sites is 1. The maximum atomic E-state index is 6.11. The molecule has 3 heteroatoms. The van der Waals surface area contributed by atoms with Gasteiger partial charge in [0.2, 0.25) is 0 Å². The fourth-order valence-corrected chi connectivity index (χ4v) is 3.65. The van der Waals surface area contributed by atoms with Crippen molar-refractivity contribution in [3.8, 4) is 0 Å². The van der Waals surface area contributed by atoms with Gasteiger partial charge in [0.05, 0.1) is 0 Å². The number of aromatic nitrogens is 2. The number of nitrogens with two attached hydrogens (primary N) is 1. The van der Waals surface area contributed by atoms with Gasteiger partial charge in [0, 0.05) is 40.6 Å². The fraction of sp³-hybridized carbons (Fsp3) is 0.300. The minimum absolute atomic E-state index is 0.173. The molecular formula is C20H23N3. The van der Waals surface area contributed by atoms with Crippen LogP contribution in [-0.2, 0) is 12.8 Å². The van der Waals surface area contributed by atoms with Crippen molar-refractivity contribution < 1.29 is 0 Å². The summed E-state index contributed by atoms with van der Waals surface area (Å²) < 4.78 is 0. The summed E-state index contributed by atoms with van der Waals surface area (Å²) in [6.45, 7) is 2.08. The standard InChI is InChI=1S/C20H23N3/c1-13(21)10-17-16-7-3-5-9-19(16)23-20(17)11-14-12-22-18-8-4-2-6-15(14)18/h2,4,6-9,12-13,22-23H,3,5,10-11,21H2,1H3. The molecule has 23 heavy (non-hydrogen) atoms. The molecule has 1 unspecified atom stereocenters. The van der Waals surface area contributed by atoms with E-state index in [-0.39, 0.29) is 6.04 Å². The van der Waals surface area contributed by atoms with Crippen LogP contribution in [0.15, 0.2) is 30.5 Å². The van der Waals surface area contributed by atoms with Gasteiger partial charge in [-0.3, -0.25) is 0 Å². The fourth-order valence-electron chi connectivity index (χ4n) is 3.65. The van der Waals surface area contributed by atoms with E-state index in [1.807, 2.05) is 0 Å². The van der Waals surface area contributed by atoms with E-state index in [2.05, 4.69) is 59.5 Å². The van der Waals surface area contributed by atoms with E-state index in [0.717, 1.165) is 25.7 Å². The van der Waals surface area contributed by atoms with Crippen LogP contribution >= 0.6 is 0 Å². The van der Waals surface area contributed by atoms with Crippen molar-refractivity contribution in [2.45, 2.75) is 38.6 Å². The third kappa shape index (κ3) is 2.62. The molecule has 4 N–H and O–H groups in total. The molecule has 1 aliphatic carbocycles. The van der Waals surface area contributed by atoms with Crippen molar-refractivity contribution >= 4 is 23.1 Å². The number of aromatic amines is 2. The molecule has 0 aliphatic heterocycles. The Balaban J connectivity index is 1.81. The van der Waals surface area contributed by atoms with Crippen LogP contribution in [0.1, 0.15) is 36.6 Å². The maximum absolute atomic E-state index is 6.11. The van der Waals surface area contributed by atoms with Gasteiger partial charge in [-0.15, -0.1) is 0 Å². The van der Waals surface area contributed by atoms with Gasteiger partial charge in [0.1, 0.15) is 0 Å². The molecular weight excluding hydrogens is 282 g/mol. The Hall–Kier alpha value is -2.26. The van der Waals surface area contributed by atoms with Gasteiger partial charge in [-0.25, -0.2) is 0 Å². The van der Waals surface area contributed by atoms with Crippen LogP contribution in [0.4, 0.5) is 0 Å². The topological polar surface area (TPSA) is 57.6 Å². The summed E-state index contributed by atoms with van der Waals surface area (Å²) in [6, 6.07) is 8.66. The normalized spacial score (nSPS) is 15.0. The summed E-state index contributed by atoms with van der Waals surface area (Å²) in [7, 11) is 0. The summed E-state index contributed by atoms with van der Waals surface area (Å²) in [6.07, 6.45) is 10.9. The predicted molar refractivity (Wildman–Crippen MR) is 96.7 cm³/mol. The van der Waals surface area contributed by atoms with Gasteiger partial charge < -0.3 is 15.7 Å². The van der Waals surface area contributed by atoms with E-state index >= 15 is 0 Å². The smallest absolute Gasteiger partial charge is 0.0456 e. The highest BCUT2D eigenvalue weighted by molar-refractivity contribution is 5.83. The minimum atomic E-state index is 0.173. The molecule has 0 saturated heterocycles. The zero-order valence-electron chi connectivity index (χ0n) is 13.5. The monoisotopic (exact) mass is 305 g/mol.